The van der Waals surface area contributed by atoms with Crippen molar-refractivity contribution in [2.24, 2.45) is 11.0 Å². The molecule has 2 aliphatic heterocycles. The molecule has 1 fully saturated rings. The number of halogens is 2. The predicted molar refractivity (Wildman–Crippen MR) is 122 cm³/mol. The van der Waals surface area contributed by atoms with Gasteiger partial charge in [0.15, 0.2) is 0 Å². The van der Waals surface area contributed by atoms with E-state index in [-0.39, 0.29) is 36.0 Å². The third-order valence-corrected chi connectivity index (χ3v) is 6.34. The first kappa shape index (κ1) is 23.1. The van der Waals surface area contributed by atoms with E-state index < -0.39 is 0 Å². The highest BCUT2D eigenvalue weighted by molar-refractivity contribution is 6.31. The van der Waals surface area contributed by atoms with Gasteiger partial charge in [-0.2, -0.15) is 5.10 Å². The van der Waals surface area contributed by atoms with Gasteiger partial charge in [-0.25, -0.2) is 9.82 Å². The molecule has 0 radical (unpaired) electrons. The Labute approximate surface area is 196 Å². The maximum atomic E-state index is 13.2. The topological polar surface area (TPSA) is 82.1 Å². The molecule has 0 aliphatic carbocycles. The Morgan fingerprint density at radius 3 is 2.36 bits per heavy atom. The largest absolute Gasteiger partial charge is 0.299 e. The van der Waals surface area contributed by atoms with Crippen molar-refractivity contribution in [2.45, 2.75) is 26.3 Å². The average Bonchev–Trinajstić information content (AvgIpc) is 3.05. The molecule has 0 aromatic heterocycles. The minimum Gasteiger partial charge on any atom is -0.299 e. The lowest BCUT2D eigenvalue weighted by molar-refractivity contribution is -0.126. The zero-order valence-electron chi connectivity index (χ0n) is 18.2. The molecule has 2 aromatic rings. The number of fused-ring (bicyclic) bond motifs is 1. The first-order valence-electron chi connectivity index (χ1n) is 10.8. The van der Waals surface area contributed by atoms with Crippen molar-refractivity contribution in [2.75, 3.05) is 19.6 Å². The Hall–Kier alpha value is -3.10. The summed E-state index contributed by atoms with van der Waals surface area (Å²) in [6.07, 6.45) is 1.33. The number of piperidine rings is 1. The van der Waals surface area contributed by atoms with Crippen LogP contribution in [0.2, 0.25) is 5.02 Å². The number of rotatable bonds is 6. The number of nitrogens with one attached hydrogen (secondary N) is 1. The third-order valence-electron chi connectivity index (χ3n) is 5.99. The summed E-state index contributed by atoms with van der Waals surface area (Å²) in [6, 6.07) is 11.1. The van der Waals surface area contributed by atoms with Crippen molar-refractivity contribution in [3.8, 4) is 0 Å². The fourth-order valence-corrected chi connectivity index (χ4v) is 4.36. The molecular weight excluding hydrogens is 447 g/mol. The minimum absolute atomic E-state index is 0.0174. The van der Waals surface area contributed by atoms with E-state index in [0.717, 1.165) is 10.5 Å². The summed E-state index contributed by atoms with van der Waals surface area (Å²) < 4.78 is 13.2. The van der Waals surface area contributed by atoms with Crippen LogP contribution in [0.1, 0.15) is 46.0 Å². The van der Waals surface area contributed by atoms with Crippen LogP contribution in [0.5, 0.6) is 0 Å². The van der Waals surface area contributed by atoms with E-state index in [1.807, 2.05) is 0 Å². The molecule has 2 heterocycles. The highest BCUT2D eigenvalue weighted by Gasteiger charge is 2.35. The average molecular weight is 471 g/mol. The SMILES string of the molecule is CC(CN1C(=O)c2ccccc2C1=O)=NNC(=O)C1CCN(Cc2ccc(F)cc2Cl)CC1. The Kier molecular flexibility index (Phi) is 6.85. The summed E-state index contributed by atoms with van der Waals surface area (Å²) in [4.78, 5) is 40.8. The fourth-order valence-electron chi connectivity index (χ4n) is 4.13. The van der Waals surface area contributed by atoms with Crippen molar-refractivity contribution in [1.82, 2.24) is 15.2 Å². The maximum Gasteiger partial charge on any atom is 0.261 e. The molecule has 0 saturated carbocycles. The Morgan fingerprint density at radius 1 is 1.12 bits per heavy atom. The molecule has 2 aromatic carbocycles. The van der Waals surface area contributed by atoms with Crippen molar-refractivity contribution in [3.63, 3.8) is 0 Å². The van der Waals surface area contributed by atoms with Crippen LogP contribution in [-0.4, -0.2) is 52.9 Å². The molecule has 2 aliphatic rings. The fraction of sp³-hybridized carbons (Fsp3) is 0.333. The van der Waals surface area contributed by atoms with Crippen LogP contribution < -0.4 is 5.43 Å². The van der Waals surface area contributed by atoms with Crippen LogP contribution in [-0.2, 0) is 11.3 Å². The maximum absolute atomic E-state index is 13.2. The van der Waals surface area contributed by atoms with E-state index >= 15 is 0 Å². The number of hydrogen-bond acceptors (Lipinski definition) is 5. The Balaban J connectivity index is 1.26. The van der Waals surface area contributed by atoms with Crippen LogP contribution in [0.4, 0.5) is 4.39 Å². The summed E-state index contributed by atoms with van der Waals surface area (Å²) in [5, 5.41) is 4.51. The van der Waals surface area contributed by atoms with Crippen LogP contribution >= 0.6 is 11.6 Å². The molecule has 1 N–H and O–H groups in total. The van der Waals surface area contributed by atoms with E-state index in [1.165, 1.54) is 12.1 Å². The van der Waals surface area contributed by atoms with Crippen molar-refractivity contribution in [1.29, 1.82) is 0 Å². The second kappa shape index (κ2) is 9.80. The quantitative estimate of drug-likeness (QED) is 0.398. The second-order valence-corrected chi connectivity index (χ2v) is 8.76. The monoisotopic (exact) mass is 470 g/mol. The highest BCUT2D eigenvalue weighted by atomic mass is 35.5. The molecule has 9 heteroatoms. The zero-order valence-corrected chi connectivity index (χ0v) is 18.9. The number of hydrazone groups is 1. The summed E-state index contributed by atoms with van der Waals surface area (Å²) >= 11 is 6.11. The first-order chi connectivity index (χ1) is 15.8. The lowest BCUT2D eigenvalue weighted by Crippen LogP contribution is -2.39. The number of hydrogen-bond donors (Lipinski definition) is 1. The molecule has 33 heavy (non-hydrogen) atoms. The molecule has 0 spiro atoms. The lowest BCUT2D eigenvalue weighted by Gasteiger charge is -2.31. The van der Waals surface area contributed by atoms with Crippen LogP contribution in [0.25, 0.3) is 0 Å². The normalized spacial score (nSPS) is 17.4. The summed E-state index contributed by atoms with van der Waals surface area (Å²) in [5.74, 6) is -1.44. The number of nitrogens with zero attached hydrogens (tertiary/aromatic N) is 3. The summed E-state index contributed by atoms with van der Waals surface area (Å²) in [6.45, 7) is 3.71. The van der Waals surface area contributed by atoms with E-state index in [1.54, 1.807) is 37.3 Å². The van der Waals surface area contributed by atoms with Gasteiger partial charge in [-0.15, -0.1) is 0 Å². The molecular formula is C24H24ClFN4O3. The number of carbonyl (C=O) groups excluding carboxylic acids is 3. The van der Waals surface area contributed by atoms with Gasteiger partial charge in [-0.3, -0.25) is 24.2 Å². The van der Waals surface area contributed by atoms with Gasteiger partial charge in [0, 0.05) is 17.5 Å². The number of carbonyl (C=O) groups is 3. The van der Waals surface area contributed by atoms with Gasteiger partial charge in [-0.05, 0) is 62.7 Å². The third kappa shape index (κ3) is 5.12. The van der Waals surface area contributed by atoms with Crippen molar-refractivity contribution >= 4 is 35.0 Å². The minimum atomic E-state index is -0.363. The molecule has 1 saturated heterocycles. The van der Waals surface area contributed by atoms with Gasteiger partial charge >= 0.3 is 0 Å². The number of amides is 3. The van der Waals surface area contributed by atoms with Gasteiger partial charge in [-0.1, -0.05) is 29.8 Å². The lowest BCUT2D eigenvalue weighted by atomic mass is 9.96. The highest BCUT2D eigenvalue weighted by Crippen LogP contribution is 2.24. The molecule has 172 valence electrons. The van der Waals surface area contributed by atoms with Gasteiger partial charge in [0.05, 0.1) is 23.4 Å². The van der Waals surface area contributed by atoms with E-state index in [2.05, 4.69) is 15.4 Å². The molecule has 0 bridgehead atoms. The van der Waals surface area contributed by atoms with Gasteiger partial charge < -0.3 is 0 Å². The molecule has 0 unspecified atom stereocenters. The molecule has 7 nitrogen and oxygen atoms in total. The Bertz CT molecular complexity index is 1090. The number of benzene rings is 2. The molecule has 4 rings (SSSR count). The standard InChI is InChI=1S/C24H24ClFN4O3/c1-15(13-30-23(32)19-4-2-3-5-20(19)24(30)33)27-28-22(31)16-8-10-29(11-9-16)14-17-6-7-18(26)12-21(17)25/h2-7,12,16H,8-11,13-14H2,1H3,(H,28,31). The Morgan fingerprint density at radius 2 is 1.76 bits per heavy atom. The molecule has 3 amide bonds. The summed E-state index contributed by atoms with van der Waals surface area (Å²) in [5.41, 5.74) is 4.66. The zero-order chi connectivity index (χ0) is 23.5. The van der Waals surface area contributed by atoms with Crippen LogP contribution in [0.15, 0.2) is 47.6 Å². The van der Waals surface area contributed by atoms with Gasteiger partial charge in [0.25, 0.3) is 11.8 Å². The molecule has 0 atom stereocenters. The predicted octanol–water partition coefficient (Wildman–Crippen LogP) is 3.48. The van der Waals surface area contributed by atoms with E-state index in [4.69, 9.17) is 11.6 Å². The first-order valence-corrected chi connectivity index (χ1v) is 11.2. The van der Waals surface area contributed by atoms with Crippen molar-refractivity contribution < 1.29 is 18.8 Å². The van der Waals surface area contributed by atoms with Crippen molar-refractivity contribution in [3.05, 3.63) is 70.0 Å². The van der Waals surface area contributed by atoms with E-state index in [0.29, 0.717) is 54.3 Å². The van der Waals surface area contributed by atoms with Crippen LogP contribution in [0.3, 0.4) is 0 Å². The van der Waals surface area contributed by atoms with Gasteiger partial charge in [0.2, 0.25) is 5.91 Å². The van der Waals surface area contributed by atoms with E-state index in [9.17, 15) is 18.8 Å². The number of likely N-dealkylation sites (tertiary alicyclic amines) is 1. The van der Waals surface area contributed by atoms with Gasteiger partial charge in [0.1, 0.15) is 5.82 Å². The smallest absolute Gasteiger partial charge is 0.261 e. The van der Waals surface area contributed by atoms with Crippen LogP contribution in [0, 0.1) is 11.7 Å². The number of imide groups is 1. The summed E-state index contributed by atoms with van der Waals surface area (Å²) in [7, 11) is 0. The second-order valence-electron chi connectivity index (χ2n) is 8.35.